The van der Waals surface area contributed by atoms with Crippen molar-refractivity contribution in [2.75, 3.05) is 13.1 Å². The smallest absolute Gasteiger partial charge is 0.410 e. The van der Waals surface area contributed by atoms with Crippen molar-refractivity contribution in [1.82, 2.24) is 19.2 Å². The van der Waals surface area contributed by atoms with Crippen molar-refractivity contribution in [1.29, 1.82) is 0 Å². The van der Waals surface area contributed by atoms with Crippen LogP contribution in [0.1, 0.15) is 44.1 Å². The maximum absolute atomic E-state index is 13.0. The SMILES string of the molecule is CC(C)(C)OC(=O)N1C2CCC1CN(C(=O)c1cn3ccc(Br)cc3n1)C2. The Morgan fingerprint density at radius 2 is 1.89 bits per heavy atom. The zero-order valence-electron chi connectivity index (χ0n) is 15.7. The van der Waals surface area contributed by atoms with Gasteiger partial charge in [-0.05, 0) is 45.7 Å². The molecule has 0 saturated carbocycles. The number of hydrogen-bond donors (Lipinski definition) is 0. The van der Waals surface area contributed by atoms with Crippen molar-refractivity contribution in [3.8, 4) is 0 Å². The second-order valence-electron chi connectivity index (χ2n) is 8.22. The average Bonchev–Trinajstić information content (AvgIpc) is 3.10. The molecular formula is C19H23BrN4O3. The number of hydrogen-bond acceptors (Lipinski definition) is 4. The molecule has 2 saturated heterocycles. The van der Waals surface area contributed by atoms with Crippen LogP contribution in [0.2, 0.25) is 0 Å². The first-order chi connectivity index (χ1) is 12.7. The molecule has 2 aromatic rings. The van der Waals surface area contributed by atoms with Gasteiger partial charge in [0.2, 0.25) is 0 Å². The minimum absolute atomic E-state index is 0.00808. The van der Waals surface area contributed by atoms with E-state index in [1.165, 1.54) is 0 Å². The van der Waals surface area contributed by atoms with Crippen molar-refractivity contribution in [3.05, 3.63) is 34.7 Å². The summed E-state index contributed by atoms with van der Waals surface area (Å²) in [5.41, 5.74) is 0.634. The number of rotatable bonds is 1. The maximum atomic E-state index is 13.0. The van der Waals surface area contributed by atoms with E-state index in [9.17, 15) is 9.59 Å². The average molecular weight is 435 g/mol. The zero-order valence-corrected chi connectivity index (χ0v) is 17.3. The third kappa shape index (κ3) is 3.54. The summed E-state index contributed by atoms with van der Waals surface area (Å²) in [5, 5.41) is 0. The lowest BCUT2D eigenvalue weighted by Crippen LogP contribution is -2.57. The molecule has 4 rings (SSSR count). The van der Waals surface area contributed by atoms with Crippen LogP contribution in [0.25, 0.3) is 5.65 Å². The predicted octanol–water partition coefficient (Wildman–Crippen LogP) is 3.32. The summed E-state index contributed by atoms with van der Waals surface area (Å²) in [6.45, 7) is 6.65. The number of aromatic nitrogens is 2. The molecular weight excluding hydrogens is 412 g/mol. The Hall–Kier alpha value is -2.09. The van der Waals surface area contributed by atoms with Crippen LogP contribution in [-0.2, 0) is 4.74 Å². The topological polar surface area (TPSA) is 67.2 Å². The van der Waals surface area contributed by atoms with Crippen molar-refractivity contribution < 1.29 is 14.3 Å². The number of nitrogens with zero attached hydrogens (tertiary/aromatic N) is 4. The van der Waals surface area contributed by atoms with Gasteiger partial charge in [-0.25, -0.2) is 9.78 Å². The van der Waals surface area contributed by atoms with E-state index in [-0.39, 0.29) is 24.1 Å². The van der Waals surface area contributed by atoms with Gasteiger partial charge in [-0.2, -0.15) is 0 Å². The van der Waals surface area contributed by atoms with E-state index in [0.29, 0.717) is 18.8 Å². The normalized spacial score (nSPS) is 22.4. The molecule has 2 unspecified atom stereocenters. The van der Waals surface area contributed by atoms with Gasteiger partial charge in [-0.3, -0.25) is 9.69 Å². The molecule has 2 fully saturated rings. The maximum Gasteiger partial charge on any atom is 0.410 e. The lowest BCUT2D eigenvalue weighted by atomic mass is 10.1. The van der Waals surface area contributed by atoms with E-state index in [0.717, 1.165) is 23.0 Å². The molecule has 144 valence electrons. The van der Waals surface area contributed by atoms with Crippen LogP contribution < -0.4 is 0 Å². The van der Waals surface area contributed by atoms with E-state index in [2.05, 4.69) is 20.9 Å². The van der Waals surface area contributed by atoms with Crippen LogP contribution >= 0.6 is 15.9 Å². The van der Waals surface area contributed by atoms with Crippen molar-refractivity contribution in [3.63, 3.8) is 0 Å². The second-order valence-corrected chi connectivity index (χ2v) is 9.13. The molecule has 2 aliphatic rings. The van der Waals surface area contributed by atoms with Crippen LogP contribution in [0.15, 0.2) is 29.0 Å². The van der Waals surface area contributed by atoms with Crippen LogP contribution in [0.3, 0.4) is 0 Å². The summed E-state index contributed by atoms with van der Waals surface area (Å²) in [7, 11) is 0. The van der Waals surface area contributed by atoms with Crippen LogP contribution in [0, 0.1) is 0 Å². The standard InChI is InChI=1S/C19H23BrN4O3/c1-19(2,3)27-18(26)24-13-4-5-14(24)10-23(9-13)17(25)15-11-22-7-6-12(20)8-16(22)21-15/h6-8,11,13-14H,4-5,9-10H2,1-3H3. The van der Waals surface area contributed by atoms with Crippen LogP contribution in [-0.4, -0.2) is 62.0 Å². The van der Waals surface area contributed by atoms with Gasteiger partial charge in [-0.15, -0.1) is 0 Å². The van der Waals surface area contributed by atoms with Crippen LogP contribution in [0.5, 0.6) is 0 Å². The van der Waals surface area contributed by atoms with E-state index in [4.69, 9.17) is 4.74 Å². The molecule has 2 atom stereocenters. The van der Waals surface area contributed by atoms with E-state index in [1.54, 1.807) is 6.20 Å². The Balaban J connectivity index is 1.50. The fourth-order valence-electron chi connectivity index (χ4n) is 3.90. The van der Waals surface area contributed by atoms with Gasteiger partial charge in [0, 0.05) is 30.0 Å². The molecule has 4 heterocycles. The molecule has 0 aliphatic carbocycles. The highest BCUT2D eigenvalue weighted by Gasteiger charge is 2.45. The molecule has 0 spiro atoms. The van der Waals surface area contributed by atoms with Crippen molar-refractivity contribution >= 4 is 33.6 Å². The van der Waals surface area contributed by atoms with E-state index >= 15 is 0 Å². The number of pyridine rings is 1. The summed E-state index contributed by atoms with van der Waals surface area (Å²) in [5.74, 6) is -0.0874. The van der Waals surface area contributed by atoms with Crippen molar-refractivity contribution in [2.24, 2.45) is 0 Å². The third-order valence-corrected chi connectivity index (χ3v) is 5.51. The number of likely N-dealkylation sites (tertiary alicyclic amines) is 1. The number of fused-ring (bicyclic) bond motifs is 3. The van der Waals surface area contributed by atoms with Gasteiger partial charge in [0.15, 0.2) is 0 Å². The molecule has 7 nitrogen and oxygen atoms in total. The number of ether oxygens (including phenoxy) is 1. The lowest BCUT2D eigenvalue weighted by Gasteiger charge is -2.41. The first-order valence-corrected chi connectivity index (χ1v) is 9.95. The number of carbonyl (C=O) groups excluding carboxylic acids is 2. The van der Waals surface area contributed by atoms with Gasteiger partial charge in [0.25, 0.3) is 5.91 Å². The highest BCUT2D eigenvalue weighted by molar-refractivity contribution is 9.10. The molecule has 2 aliphatic heterocycles. The lowest BCUT2D eigenvalue weighted by molar-refractivity contribution is -0.00342. The first kappa shape index (κ1) is 18.3. The van der Waals surface area contributed by atoms with Gasteiger partial charge in [0.05, 0.1) is 12.1 Å². The van der Waals surface area contributed by atoms with Gasteiger partial charge < -0.3 is 14.0 Å². The summed E-state index contributed by atoms with van der Waals surface area (Å²) in [6, 6.07) is 3.80. The Labute approximate surface area is 166 Å². The Bertz CT molecular complexity index is 890. The van der Waals surface area contributed by atoms with Crippen molar-refractivity contribution in [2.45, 2.75) is 51.3 Å². The molecule has 8 heteroatoms. The first-order valence-electron chi connectivity index (χ1n) is 9.16. The largest absolute Gasteiger partial charge is 0.444 e. The number of piperazine rings is 1. The van der Waals surface area contributed by atoms with Gasteiger partial charge in [-0.1, -0.05) is 15.9 Å². The number of carbonyl (C=O) groups is 2. The fourth-order valence-corrected chi connectivity index (χ4v) is 4.23. The minimum Gasteiger partial charge on any atom is -0.444 e. The van der Waals surface area contributed by atoms with Crippen LogP contribution in [0.4, 0.5) is 4.79 Å². The quantitative estimate of drug-likeness (QED) is 0.690. The Kier molecular flexibility index (Phi) is 4.41. The zero-order chi connectivity index (χ0) is 19.3. The molecule has 2 aromatic heterocycles. The number of amides is 2. The highest BCUT2D eigenvalue weighted by atomic mass is 79.9. The summed E-state index contributed by atoms with van der Waals surface area (Å²) in [6.07, 6.45) is 5.14. The molecule has 0 N–H and O–H groups in total. The molecule has 27 heavy (non-hydrogen) atoms. The van der Waals surface area contributed by atoms with E-state index < -0.39 is 5.60 Å². The fraction of sp³-hybridized carbons (Fsp3) is 0.526. The minimum atomic E-state index is -0.520. The molecule has 2 bridgehead atoms. The predicted molar refractivity (Wildman–Crippen MR) is 104 cm³/mol. The number of imidazole rings is 1. The Morgan fingerprint density at radius 3 is 2.52 bits per heavy atom. The molecule has 0 radical (unpaired) electrons. The van der Waals surface area contributed by atoms with Gasteiger partial charge in [0.1, 0.15) is 16.9 Å². The summed E-state index contributed by atoms with van der Waals surface area (Å²) in [4.78, 5) is 33.6. The van der Waals surface area contributed by atoms with Gasteiger partial charge >= 0.3 is 6.09 Å². The summed E-state index contributed by atoms with van der Waals surface area (Å²) < 4.78 is 8.31. The summed E-state index contributed by atoms with van der Waals surface area (Å²) >= 11 is 3.42. The van der Waals surface area contributed by atoms with E-state index in [1.807, 2.05) is 53.3 Å². The third-order valence-electron chi connectivity index (χ3n) is 5.02. The monoisotopic (exact) mass is 434 g/mol. The molecule has 2 amide bonds. The highest BCUT2D eigenvalue weighted by Crippen LogP contribution is 2.32. The molecule has 0 aromatic carbocycles. The Morgan fingerprint density at radius 1 is 1.22 bits per heavy atom. The second kappa shape index (κ2) is 6.51. The number of halogens is 1.